The quantitative estimate of drug-likeness (QED) is 0.161. The Kier molecular flexibility index (Phi) is 7.00. The molecule has 0 aliphatic heterocycles. The van der Waals surface area contributed by atoms with Crippen LogP contribution in [-0.4, -0.2) is 0 Å². The standard InChI is InChI=1S/C55H38/c1-55(2)53-22-11-10-20-47(53)48-28-24-40(34-54(48)55)39-23-26-44-42(29-39)33-52(45-21-12-18-35-15-8-9-19-43(35)45)51-32-41(25-27-46(44)51)50-31-38-17-7-6-16-37(38)30-49(50)36-13-4-3-5-14-36/h3-34H,1-2H3. The predicted octanol–water partition coefficient (Wildman–Crippen LogP) is 15.3. The fourth-order valence-corrected chi connectivity index (χ4v) is 9.41. The average Bonchev–Trinajstić information content (AvgIpc) is 3.47. The maximum atomic E-state index is 2.44. The van der Waals surface area contributed by atoms with Crippen molar-refractivity contribution in [1.82, 2.24) is 0 Å². The van der Waals surface area contributed by atoms with Crippen LogP contribution in [0.3, 0.4) is 0 Å². The molecule has 0 heterocycles. The van der Waals surface area contributed by atoms with Crippen molar-refractivity contribution in [3.05, 3.63) is 205 Å². The minimum atomic E-state index is -0.0420. The summed E-state index contributed by atoms with van der Waals surface area (Å²) >= 11 is 0. The zero-order valence-corrected chi connectivity index (χ0v) is 31.0. The summed E-state index contributed by atoms with van der Waals surface area (Å²) in [5.41, 5.74) is 15.4. The number of hydrogen-bond donors (Lipinski definition) is 0. The van der Waals surface area contributed by atoms with Crippen molar-refractivity contribution in [2.75, 3.05) is 0 Å². The van der Waals surface area contributed by atoms with Gasteiger partial charge in [-0.3, -0.25) is 0 Å². The number of rotatable bonds is 4. The first-order valence-electron chi connectivity index (χ1n) is 19.3. The summed E-state index contributed by atoms with van der Waals surface area (Å²) < 4.78 is 0. The first kappa shape index (κ1) is 31.7. The third-order valence-corrected chi connectivity index (χ3v) is 12.2. The molecule has 0 saturated carbocycles. The maximum Gasteiger partial charge on any atom is 0.0159 e. The molecule has 0 nitrogen and oxygen atoms in total. The molecule has 0 fully saturated rings. The third kappa shape index (κ3) is 4.99. The Morgan fingerprint density at radius 2 is 0.836 bits per heavy atom. The minimum absolute atomic E-state index is 0.0420. The highest BCUT2D eigenvalue weighted by molar-refractivity contribution is 6.18. The lowest BCUT2D eigenvalue weighted by Crippen LogP contribution is -2.14. The minimum Gasteiger partial charge on any atom is -0.0622 e. The second-order valence-electron chi connectivity index (χ2n) is 15.7. The van der Waals surface area contributed by atoms with E-state index in [-0.39, 0.29) is 5.41 Å². The first-order valence-corrected chi connectivity index (χ1v) is 19.3. The van der Waals surface area contributed by atoms with Crippen LogP contribution >= 0.6 is 0 Å². The van der Waals surface area contributed by atoms with Crippen molar-refractivity contribution in [1.29, 1.82) is 0 Å². The molecule has 0 bridgehead atoms. The van der Waals surface area contributed by atoms with Gasteiger partial charge in [0.1, 0.15) is 0 Å². The van der Waals surface area contributed by atoms with E-state index in [2.05, 4.69) is 208 Å². The molecule has 0 N–H and O–H groups in total. The van der Waals surface area contributed by atoms with Gasteiger partial charge in [-0.1, -0.05) is 172 Å². The van der Waals surface area contributed by atoms with Gasteiger partial charge >= 0.3 is 0 Å². The molecule has 10 aromatic rings. The van der Waals surface area contributed by atoms with Gasteiger partial charge in [0.25, 0.3) is 0 Å². The van der Waals surface area contributed by atoms with Gasteiger partial charge in [0, 0.05) is 5.41 Å². The molecule has 1 aliphatic rings. The van der Waals surface area contributed by atoms with Gasteiger partial charge in [-0.15, -0.1) is 0 Å². The van der Waals surface area contributed by atoms with Crippen molar-refractivity contribution in [3.8, 4) is 55.6 Å². The van der Waals surface area contributed by atoms with Crippen LogP contribution in [0, 0.1) is 0 Å². The number of fused-ring (bicyclic) bond motifs is 8. The third-order valence-electron chi connectivity index (χ3n) is 12.2. The molecule has 0 saturated heterocycles. The van der Waals surface area contributed by atoms with Gasteiger partial charge in [0.05, 0.1) is 0 Å². The van der Waals surface area contributed by atoms with Gasteiger partial charge < -0.3 is 0 Å². The molecule has 0 heteroatoms. The first-order chi connectivity index (χ1) is 27.0. The summed E-state index contributed by atoms with van der Waals surface area (Å²) in [6, 6.07) is 72.4. The fraction of sp³-hybridized carbons (Fsp3) is 0.0545. The molecule has 0 unspecified atom stereocenters. The van der Waals surface area contributed by atoms with Crippen LogP contribution in [0.4, 0.5) is 0 Å². The van der Waals surface area contributed by atoms with E-state index in [1.165, 1.54) is 110 Å². The van der Waals surface area contributed by atoms with E-state index in [4.69, 9.17) is 0 Å². The molecule has 0 radical (unpaired) electrons. The molecule has 258 valence electrons. The van der Waals surface area contributed by atoms with Crippen LogP contribution in [0.25, 0.3) is 98.7 Å². The van der Waals surface area contributed by atoms with Crippen molar-refractivity contribution < 1.29 is 0 Å². The maximum absolute atomic E-state index is 2.44. The molecule has 0 aromatic heterocycles. The highest BCUT2D eigenvalue weighted by atomic mass is 14.4. The van der Waals surface area contributed by atoms with Crippen molar-refractivity contribution >= 4 is 43.1 Å². The Morgan fingerprint density at radius 3 is 1.67 bits per heavy atom. The van der Waals surface area contributed by atoms with Crippen LogP contribution in [0.15, 0.2) is 194 Å². The number of hydrogen-bond acceptors (Lipinski definition) is 0. The van der Waals surface area contributed by atoms with Crippen molar-refractivity contribution in [2.24, 2.45) is 0 Å². The van der Waals surface area contributed by atoms with Gasteiger partial charge in [-0.25, -0.2) is 0 Å². The van der Waals surface area contributed by atoms with Gasteiger partial charge in [-0.05, 0) is 146 Å². The van der Waals surface area contributed by atoms with E-state index in [1.807, 2.05) is 0 Å². The van der Waals surface area contributed by atoms with E-state index in [1.54, 1.807) is 0 Å². The lowest BCUT2D eigenvalue weighted by molar-refractivity contribution is 0.660. The van der Waals surface area contributed by atoms with E-state index in [0.717, 1.165) is 0 Å². The SMILES string of the molecule is CC1(C)c2ccccc2-c2ccc(-c3ccc4c(c3)cc(-c3cccc5ccccc35)c3cc(-c5cc6ccccc6cc5-c5ccccc5)ccc34)cc21. The Morgan fingerprint density at radius 1 is 0.255 bits per heavy atom. The molecule has 0 amide bonds. The Hall–Kier alpha value is -6.76. The molecular formula is C55H38. The van der Waals surface area contributed by atoms with Crippen LogP contribution in [0.2, 0.25) is 0 Å². The lowest BCUT2D eigenvalue weighted by Gasteiger charge is -2.22. The summed E-state index contributed by atoms with van der Waals surface area (Å²) in [5, 5.41) is 10.1. The Labute approximate surface area is 322 Å². The molecule has 0 spiro atoms. The Balaban J connectivity index is 1.14. The zero-order valence-electron chi connectivity index (χ0n) is 31.0. The zero-order chi connectivity index (χ0) is 36.7. The van der Waals surface area contributed by atoms with Gasteiger partial charge in [0.15, 0.2) is 0 Å². The van der Waals surface area contributed by atoms with E-state index < -0.39 is 0 Å². The molecule has 55 heavy (non-hydrogen) atoms. The van der Waals surface area contributed by atoms with Crippen molar-refractivity contribution in [2.45, 2.75) is 19.3 Å². The van der Waals surface area contributed by atoms with Crippen molar-refractivity contribution in [3.63, 3.8) is 0 Å². The largest absolute Gasteiger partial charge is 0.0622 e. The second-order valence-corrected chi connectivity index (χ2v) is 15.7. The van der Waals surface area contributed by atoms with E-state index >= 15 is 0 Å². The molecule has 10 aromatic carbocycles. The molecule has 1 aliphatic carbocycles. The van der Waals surface area contributed by atoms with Gasteiger partial charge in [-0.2, -0.15) is 0 Å². The second kappa shape index (κ2) is 12.1. The normalized spacial score (nSPS) is 13.1. The highest BCUT2D eigenvalue weighted by Gasteiger charge is 2.35. The van der Waals surface area contributed by atoms with Crippen LogP contribution in [-0.2, 0) is 5.41 Å². The fourth-order valence-electron chi connectivity index (χ4n) is 9.41. The smallest absolute Gasteiger partial charge is 0.0159 e. The summed E-state index contributed by atoms with van der Waals surface area (Å²) in [6.07, 6.45) is 0. The van der Waals surface area contributed by atoms with E-state index in [0.29, 0.717) is 0 Å². The molecule has 0 atom stereocenters. The highest BCUT2D eigenvalue weighted by Crippen LogP contribution is 2.50. The molecular weight excluding hydrogens is 661 g/mol. The lowest BCUT2D eigenvalue weighted by atomic mass is 9.81. The number of benzene rings is 10. The monoisotopic (exact) mass is 698 g/mol. The summed E-state index contributed by atoms with van der Waals surface area (Å²) in [5.74, 6) is 0. The predicted molar refractivity (Wildman–Crippen MR) is 236 cm³/mol. The Bertz CT molecular complexity index is 3160. The molecule has 11 rings (SSSR count). The summed E-state index contributed by atoms with van der Waals surface area (Å²) in [7, 11) is 0. The van der Waals surface area contributed by atoms with E-state index in [9.17, 15) is 0 Å². The van der Waals surface area contributed by atoms with Crippen LogP contribution in [0.5, 0.6) is 0 Å². The summed E-state index contributed by atoms with van der Waals surface area (Å²) in [6.45, 7) is 4.72. The van der Waals surface area contributed by atoms with Crippen LogP contribution < -0.4 is 0 Å². The topological polar surface area (TPSA) is 0 Å². The average molecular weight is 699 g/mol. The van der Waals surface area contributed by atoms with Crippen LogP contribution in [0.1, 0.15) is 25.0 Å². The summed E-state index contributed by atoms with van der Waals surface area (Å²) in [4.78, 5) is 0. The van der Waals surface area contributed by atoms with Gasteiger partial charge in [0.2, 0.25) is 0 Å².